The summed E-state index contributed by atoms with van der Waals surface area (Å²) in [6.45, 7) is 18.3. The first kappa shape index (κ1) is 63.2. The van der Waals surface area contributed by atoms with Gasteiger partial charge in [0.2, 0.25) is 5.91 Å². The Hall–Kier alpha value is -5.32. The van der Waals surface area contributed by atoms with E-state index in [-0.39, 0.29) is 39.0 Å². The lowest BCUT2D eigenvalue weighted by atomic mass is 9.83. The fraction of sp³-hybridized carbons (Fsp3) is 0.760. The Labute approximate surface area is 443 Å². The summed E-state index contributed by atoms with van der Waals surface area (Å²) in [5.41, 5.74) is -3.09. The zero-order chi connectivity index (χ0) is 56.9. The van der Waals surface area contributed by atoms with E-state index in [0.29, 0.717) is 0 Å². The van der Waals surface area contributed by atoms with Gasteiger partial charge in [-0.2, -0.15) is 0 Å². The molecule has 2 aliphatic heterocycles. The van der Waals surface area contributed by atoms with Crippen LogP contribution < -0.4 is 31.9 Å². The van der Waals surface area contributed by atoms with Crippen LogP contribution >= 0.6 is 0 Å². The summed E-state index contributed by atoms with van der Waals surface area (Å²) in [5, 5.41) is 72.5. The van der Waals surface area contributed by atoms with Crippen molar-refractivity contribution in [2.75, 3.05) is 19.7 Å². The predicted octanol–water partition coefficient (Wildman–Crippen LogP) is 1.83. The molecular formula is C50H82N6O20. The van der Waals surface area contributed by atoms with E-state index in [9.17, 15) is 54.3 Å². The van der Waals surface area contributed by atoms with E-state index >= 15 is 0 Å². The number of nitrogens with one attached hydrogen (secondary N) is 6. The van der Waals surface area contributed by atoms with E-state index in [1.54, 1.807) is 107 Å². The Morgan fingerprint density at radius 3 is 1.67 bits per heavy atom. The maximum Gasteiger partial charge on any atom is 0.408 e. The number of amides is 6. The van der Waals surface area contributed by atoms with Crippen molar-refractivity contribution in [3.63, 3.8) is 0 Å². The predicted molar refractivity (Wildman–Crippen MR) is 267 cm³/mol. The molecule has 1 aliphatic carbocycles. The molecule has 26 nitrogen and oxygen atoms in total. The quantitative estimate of drug-likeness (QED) is 0.0991. The van der Waals surface area contributed by atoms with E-state index < -0.39 is 157 Å². The van der Waals surface area contributed by atoms with Gasteiger partial charge in [-0.15, -0.1) is 0 Å². The molecule has 0 spiro atoms. The number of benzene rings is 1. The molecule has 2 saturated heterocycles. The first-order valence-corrected chi connectivity index (χ1v) is 25.4. The molecule has 6 amide bonds. The third kappa shape index (κ3) is 21.2. The Bertz CT molecular complexity index is 2060. The minimum absolute atomic E-state index is 0.0164. The Kier molecular flexibility index (Phi) is 22.7. The largest absolute Gasteiger partial charge is 0.445 e. The topological polar surface area (TPSA) is 359 Å². The monoisotopic (exact) mass is 1090 g/mol. The second-order valence-corrected chi connectivity index (χ2v) is 22.8. The second kappa shape index (κ2) is 27.3. The van der Waals surface area contributed by atoms with Crippen LogP contribution in [0.5, 0.6) is 0 Å². The molecule has 1 aromatic rings. The Morgan fingerprint density at radius 2 is 1.12 bits per heavy atom. The number of hydrogen-bond donors (Lipinski definition) is 11. The average Bonchev–Trinajstić information content (AvgIpc) is 3.28. The lowest BCUT2D eigenvalue weighted by Crippen LogP contribution is -2.70. The van der Waals surface area contributed by atoms with Gasteiger partial charge in [-0.3, -0.25) is 4.79 Å². The summed E-state index contributed by atoms with van der Waals surface area (Å²) < 4.78 is 52.2. The molecule has 0 bridgehead atoms. The molecule has 3 aliphatic rings. The highest BCUT2D eigenvalue weighted by molar-refractivity contribution is 5.81. The number of ether oxygens (including phenoxy) is 9. The van der Waals surface area contributed by atoms with Gasteiger partial charge in [0.15, 0.2) is 12.6 Å². The molecule has 432 valence electrons. The van der Waals surface area contributed by atoms with Crippen LogP contribution in [0.25, 0.3) is 0 Å². The van der Waals surface area contributed by atoms with Crippen LogP contribution in [0, 0.1) is 0 Å². The van der Waals surface area contributed by atoms with Crippen molar-refractivity contribution >= 4 is 36.4 Å². The van der Waals surface area contributed by atoms with Crippen LogP contribution in [0.3, 0.4) is 0 Å². The molecule has 4 rings (SSSR count). The summed E-state index contributed by atoms with van der Waals surface area (Å²) >= 11 is 0. The van der Waals surface area contributed by atoms with Crippen LogP contribution in [0.1, 0.15) is 114 Å². The summed E-state index contributed by atoms with van der Waals surface area (Å²) in [4.78, 5) is 78.9. The molecule has 2 heterocycles. The number of alkyl carbamates (subject to hydrolysis) is 5. The van der Waals surface area contributed by atoms with Gasteiger partial charge in [-0.1, -0.05) is 30.3 Å². The lowest BCUT2D eigenvalue weighted by Gasteiger charge is -2.49. The fourth-order valence-corrected chi connectivity index (χ4v) is 8.16. The zero-order valence-electron chi connectivity index (χ0n) is 45.5. The molecule has 1 saturated carbocycles. The number of carbonyl (C=O) groups is 6. The lowest BCUT2D eigenvalue weighted by molar-refractivity contribution is -0.316. The van der Waals surface area contributed by atoms with Crippen molar-refractivity contribution < 1.29 is 96.9 Å². The smallest absolute Gasteiger partial charge is 0.408 e. The van der Waals surface area contributed by atoms with Crippen molar-refractivity contribution in [2.45, 2.75) is 223 Å². The minimum atomic E-state index is -2.00. The third-order valence-corrected chi connectivity index (χ3v) is 11.4. The third-order valence-electron chi connectivity index (χ3n) is 11.4. The number of carbonyl (C=O) groups excluding carboxylic acids is 6. The second-order valence-electron chi connectivity index (χ2n) is 22.8. The Morgan fingerprint density at radius 1 is 0.605 bits per heavy atom. The van der Waals surface area contributed by atoms with Gasteiger partial charge in [0, 0.05) is 13.1 Å². The van der Waals surface area contributed by atoms with Gasteiger partial charge >= 0.3 is 30.5 Å². The SMILES string of the molecule is CC(C)(C)OC(=O)NCC[C@H](O)C(=O)N[C@@H]1C[C@@H](NC(=O)OC(C)(C)C)C(O[C@H]2OC(CNC(=O)OCc3ccccc3)CCC2NC(=O)OC(C)(C)C)C(O)[C@H]1O[C@H]1OC(CO)[C@@H](O)[C@H](NC(=O)OC(C)(C)C)C1O. The van der Waals surface area contributed by atoms with Gasteiger partial charge in [-0.25, -0.2) is 24.0 Å². The molecule has 14 atom stereocenters. The number of aliphatic hydroxyl groups excluding tert-OH is 5. The molecule has 11 N–H and O–H groups in total. The highest BCUT2D eigenvalue weighted by Gasteiger charge is 2.54. The van der Waals surface area contributed by atoms with Crippen LogP contribution in [0.2, 0.25) is 0 Å². The highest BCUT2D eigenvalue weighted by atomic mass is 16.7. The average molecular weight is 1090 g/mol. The first-order chi connectivity index (χ1) is 35.2. The number of hydrogen-bond acceptors (Lipinski definition) is 20. The summed E-state index contributed by atoms with van der Waals surface area (Å²) in [5.74, 6) is -1.04. The van der Waals surface area contributed by atoms with Crippen molar-refractivity contribution in [3.05, 3.63) is 35.9 Å². The van der Waals surface area contributed by atoms with Crippen molar-refractivity contribution in [1.29, 1.82) is 0 Å². The highest BCUT2D eigenvalue weighted by Crippen LogP contribution is 2.34. The van der Waals surface area contributed by atoms with Crippen molar-refractivity contribution in [2.24, 2.45) is 0 Å². The molecule has 6 unspecified atom stereocenters. The van der Waals surface area contributed by atoms with Gasteiger partial charge in [0.05, 0.1) is 36.9 Å². The van der Waals surface area contributed by atoms with Gasteiger partial charge in [-0.05, 0) is 114 Å². The van der Waals surface area contributed by atoms with Gasteiger partial charge < -0.3 is 100 Å². The van der Waals surface area contributed by atoms with Crippen LogP contribution in [0.4, 0.5) is 24.0 Å². The first-order valence-electron chi connectivity index (χ1n) is 25.4. The van der Waals surface area contributed by atoms with Crippen molar-refractivity contribution in [3.8, 4) is 0 Å². The zero-order valence-corrected chi connectivity index (χ0v) is 45.5. The summed E-state index contributed by atoms with van der Waals surface area (Å²) in [6.07, 6.45) is -21.4. The maximum absolute atomic E-state index is 13.9. The molecule has 1 aromatic carbocycles. The van der Waals surface area contributed by atoms with E-state index in [1.165, 1.54) is 0 Å². The summed E-state index contributed by atoms with van der Waals surface area (Å²) in [7, 11) is 0. The van der Waals surface area contributed by atoms with Crippen LogP contribution in [0.15, 0.2) is 30.3 Å². The molecule has 26 heteroatoms. The maximum atomic E-state index is 13.9. The molecule has 0 aromatic heterocycles. The number of aliphatic hydroxyl groups is 5. The normalized spacial score (nSPS) is 28.6. The summed E-state index contributed by atoms with van der Waals surface area (Å²) in [6, 6.07) is 3.56. The van der Waals surface area contributed by atoms with Crippen molar-refractivity contribution in [1.82, 2.24) is 31.9 Å². The Balaban J connectivity index is 1.73. The molecule has 76 heavy (non-hydrogen) atoms. The number of rotatable bonds is 17. The molecular weight excluding hydrogens is 1000 g/mol. The van der Waals surface area contributed by atoms with Crippen LogP contribution in [-0.4, -0.2) is 190 Å². The molecule has 0 radical (unpaired) electrons. The van der Waals surface area contributed by atoms with E-state index in [4.69, 9.17) is 42.6 Å². The van der Waals surface area contributed by atoms with E-state index in [1.807, 2.05) is 6.07 Å². The van der Waals surface area contributed by atoms with E-state index in [0.717, 1.165) is 5.56 Å². The van der Waals surface area contributed by atoms with Gasteiger partial charge in [0.25, 0.3) is 0 Å². The van der Waals surface area contributed by atoms with E-state index in [2.05, 4.69) is 31.9 Å². The fourth-order valence-electron chi connectivity index (χ4n) is 8.16. The standard InChI is InChI=1S/C50H82N6O20/c1-47(2,3)73-43(64)51-21-20-31(58)39(62)53-29-22-30(55-45(66)75-49(7,8)9)38(36(61)37(29)72-41-35(60)33(34(59)32(24-57)70-41)56-46(67)76-50(10,11)12)71-40-28(54-44(65)74-48(4,5)6)19-18-27(69-40)23-52-42(63)68-25-26-16-14-13-15-17-26/h13-17,27-38,40-41,57-61H,18-25H2,1-12H3,(H,51,64)(H,52,63)(H,53,62)(H,54,65)(H,55,66)(H,56,67)/t27?,28?,29-,30-,31+,32?,33+,34-,35?,36?,37+,38?,40-,41-/m1/s1. The molecule has 3 fully saturated rings. The van der Waals surface area contributed by atoms with Gasteiger partial charge in [0.1, 0.15) is 71.7 Å². The minimum Gasteiger partial charge on any atom is -0.445 e. The van der Waals surface area contributed by atoms with Crippen LogP contribution in [-0.2, 0) is 54.0 Å².